The van der Waals surface area contributed by atoms with Crippen molar-refractivity contribution in [2.24, 2.45) is 0 Å². The highest BCUT2D eigenvalue weighted by Gasteiger charge is 2.18. The molecule has 6 nitrogen and oxygen atoms in total. The molecule has 22 heavy (non-hydrogen) atoms. The quantitative estimate of drug-likeness (QED) is 0.526. The number of hydrogen-bond donors (Lipinski definition) is 1. The molecule has 1 amide bonds. The standard InChI is InChI=1S/C14H10Cl2N2O4/c15-9-4-3-5-10(13(9)16)17-12(19)8-22-14(20)11-6-1-2-7-18(11)21/h1-7H,8H2,(H,17,19). The predicted molar refractivity (Wildman–Crippen MR) is 80.8 cm³/mol. The summed E-state index contributed by atoms with van der Waals surface area (Å²) >= 11 is 11.7. The highest BCUT2D eigenvalue weighted by molar-refractivity contribution is 6.44. The van der Waals surface area contributed by atoms with Crippen molar-refractivity contribution >= 4 is 40.8 Å². The van der Waals surface area contributed by atoms with Gasteiger partial charge in [-0.3, -0.25) is 4.79 Å². The number of benzene rings is 1. The third kappa shape index (κ3) is 3.87. The molecule has 1 heterocycles. The van der Waals surface area contributed by atoms with Gasteiger partial charge in [0.15, 0.2) is 12.8 Å². The van der Waals surface area contributed by atoms with E-state index in [-0.39, 0.29) is 15.7 Å². The van der Waals surface area contributed by atoms with E-state index in [1.807, 2.05) is 0 Å². The molecule has 1 N–H and O–H groups in total. The number of rotatable bonds is 4. The average molecular weight is 341 g/mol. The zero-order chi connectivity index (χ0) is 16.1. The summed E-state index contributed by atoms with van der Waals surface area (Å²) in [5, 5.41) is 14.3. The molecule has 1 aromatic heterocycles. The topological polar surface area (TPSA) is 82.3 Å². The van der Waals surface area contributed by atoms with Crippen molar-refractivity contribution in [3.63, 3.8) is 0 Å². The van der Waals surface area contributed by atoms with E-state index in [1.165, 1.54) is 18.2 Å². The molecule has 0 aliphatic heterocycles. The number of carbonyl (C=O) groups is 2. The Bertz CT molecular complexity index is 722. The molecule has 0 radical (unpaired) electrons. The van der Waals surface area contributed by atoms with Crippen LogP contribution in [0.2, 0.25) is 10.0 Å². The van der Waals surface area contributed by atoms with Crippen molar-refractivity contribution in [1.82, 2.24) is 0 Å². The van der Waals surface area contributed by atoms with Gasteiger partial charge in [0.1, 0.15) is 0 Å². The zero-order valence-electron chi connectivity index (χ0n) is 11.1. The van der Waals surface area contributed by atoms with Gasteiger partial charge in [0, 0.05) is 12.1 Å². The molecular weight excluding hydrogens is 331 g/mol. The number of nitrogens with zero attached hydrogens (tertiary/aromatic N) is 1. The Kier molecular flexibility index (Phi) is 5.19. The van der Waals surface area contributed by atoms with E-state index in [0.29, 0.717) is 10.4 Å². The SMILES string of the molecule is O=C(COC(=O)c1cccc[n+]1[O-])Nc1cccc(Cl)c1Cl. The molecule has 0 atom stereocenters. The number of aromatic nitrogens is 1. The van der Waals surface area contributed by atoms with Crippen molar-refractivity contribution in [1.29, 1.82) is 0 Å². The Labute approximate surface area is 135 Å². The van der Waals surface area contributed by atoms with Crippen LogP contribution in [0, 0.1) is 5.21 Å². The van der Waals surface area contributed by atoms with E-state index >= 15 is 0 Å². The van der Waals surface area contributed by atoms with Crippen LogP contribution in [-0.4, -0.2) is 18.5 Å². The first-order valence-corrected chi connectivity index (χ1v) is 6.84. The Morgan fingerprint density at radius 2 is 1.95 bits per heavy atom. The highest BCUT2D eigenvalue weighted by atomic mass is 35.5. The van der Waals surface area contributed by atoms with Crippen LogP contribution >= 0.6 is 23.2 Å². The third-order valence-corrected chi connectivity index (χ3v) is 3.41. The fourth-order valence-corrected chi connectivity index (χ4v) is 1.93. The predicted octanol–water partition coefficient (Wildman–Crippen LogP) is 2.42. The maximum Gasteiger partial charge on any atom is 0.405 e. The molecule has 114 valence electrons. The van der Waals surface area contributed by atoms with E-state index < -0.39 is 18.5 Å². The molecule has 0 spiro atoms. The van der Waals surface area contributed by atoms with Gasteiger partial charge in [-0.2, -0.15) is 4.73 Å². The second-order valence-electron chi connectivity index (χ2n) is 4.14. The van der Waals surface area contributed by atoms with Crippen molar-refractivity contribution in [2.75, 3.05) is 11.9 Å². The van der Waals surface area contributed by atoms with Crippen LogP contribution < -0.4 is 10.0 Å². The van der Waals surface area contributed by atoms with Gasteiger partial charge in [-0.05, 0) is 18.2 Å². The smallest absolute Gasteiger partial charge is 0.405 e. The number of anilines is 1. The second-order valence-corrected chi connectivity index (χ2v) is 4.92. The lowest BCUT2D eigenvalue weighted by atomic mass is 10.3. The van der Waals surface area contributed by atoms with E-state index in [2.05, 4.69) is 5.32 Å². The minimum absolute atomic E-state index is 0.185. The molecule has 0 aliphatic carbocycles. The lowest BCUT2D eigenvalue weighted by molar-refractivity contribution is -0.608. The van der Waals surface area contributed by atoms with Gasteiger partial charge in [0.05, 0.1) is 15.7 Å². The molecule has 0 saturated carbocycles. The van der Waals surface area contributed by atoms with Crippen molar-refractivity contribution < 1.29 is 19.1 Å². The Morgan fingerprint density at radius 3 is 2.68 bits per heavy atom. The first-order valence-electron chi connectivity index (χ1n) is 6.08. The fraction of sp³-hybridized carbons (Fsp3) is 0.0714. The summed E-state index contributed by atoms with van der Waals surface area (Å²) in [6.07, 6.45) is 1.16. The van der Waals surface area contributed by atoms with E-state index in [0.717, 1.165) is 6.20 Å². The third-order valence-electron chi connectivity index (χ3n) is 2.59. The van der Waals surface area contributed by atoms with Crippen LogP contribution in [0.5, 0.6) is 0 Å². The number of pyridine rings is 1. The minimum Gasteiger partial charge on any atom is -0.618 e. The minimum atomic E-state index is -0.900. The number of halogens is 2. The number of carbonyl (C=O) groups excluding carboxylic acids is 2. The van der Waals surface area contributed by atoms with Gasteiger partial charge in [0.25, 0.3) is 5.91 Å². The van der Waals surface area contributed by atoms with Gasteiger partial charge in [-0.1, -0.05) is 29.3 Å². The highest BCUT2D eigenvalue weighted by Crippen LogP contribution is 2.29. The van der Waals surface area contributed by atoms with Crippen LogP contribution in [0.15, 0.2) is 42.6 Å². The first-order chi connectivity index (χ1) is 10.5. The molecular formula is C14H10Cl2N2O4. The normalized spacial score (nSPS) is 10.1. The zero-order valence-corrected chi connectivity index (χ0v) is 12.6. The molecule has 2 rings (SSSR count). The van der Waals surface area contributed by atoms with Crippen LogP contribution in [0.1, 0.15) is 10.5 Å². The maximum atomic E-state index is 11.7. The van der Waals surface area contributed by atoms with Gasteiger partial charge in [-0.25, -0.2) is 4.79 Å². The lowest BCUT2D eigenvalue weighted by Crippen LogP contribution is -2.35. The van der Waals surface area contributed by atoms with E-state index in [9.17, 15) is 14.8 Å². The molecule has 0 aliphatic rings. The summed E-state index contributed by atoms with van der Waals surface area (Å²) in [6.45, 7) is -0.559. The first kappa shape index (κ1) is 16.1. The van der Waals surface area contributed by atoms with Crippen LogP contribution in [0.25, 0.3) is 0 Å². The summed E-state index contributed by atoms with van der Waals surface area (Å²) in [5.41, 5.74) is 0.0879. The fourth-order valence-electron chi connectivity index (χ4n) is 1.58. The summed E-state index contributed by atoms with van der Waals surface area (Å²) in [6, 6.07) is 9.01. The van der Waals surface area contributed by atoms with Crippen LogP contribution in [0.4, 0.5) is 5.69 Å². The van der Waals surface area contributed by atoms with E-state index in [1.54, 1.807) is 18.2 Å². The number of amides is 1. The van der Waals surface area contributed by atoms with Gasteiger partial charge >= 0.3 is 11.7 Å². The largest absolute Gasteiger partial charge is 0.618 e. The van der Waals surface area contributed by atoms with Crippen LogP contribution in [-0.2, 0) is 9.53 Å². The Balaban J connectivity index is 1.95. The summed E-state index contributed by atoms with van der Waals surface area (Å²) in [5.74, 6) is -1.51. The summed E-state index contributed by atoms with van der Waals surface area (Å²) in [7, 11) is 0. The molecule has 0 unspecified atom stereocenters. The number of nitrogens with one attached hydrogen (secondary N) is 1. The molecule has 8 heteroatoms. The monoisotopic (exact) mass is 340 g/mol. The number of esters is 1. The van der Waals surface area contributed by atoms with Crippen molar-refractivity contribution in [3.05, 3.63) is 63.5 Å². The molecule has 0 fully saturated rings. The molecule has 0 bridgehead atoms. The van der Waals surface area contributed by atoms with E-state index in [4.69, 9.17) is 27.9 Å². The lowest BCUT2D eigenvalue weighted by Gasteiger charge is -2.08. The van der Waals surface area contributed by atoms with Gasteiger partial charge in [0.2, 0.25) is 0 Å². The van der Waals surface area contributed by atoms with Gasteiger partial charge in [-0.15, -0.1) is 0 Å². The molecule has 1 aromatic carbocycles. The Hall–Kier alpha value is -2.31. The average Bonchev–Trinajstić information content (AvgIpc) is 2.50. The van der Waals surface area contributed by atoms with Gasteiger partial charge < -0.3 is 15.3 Å². The second kappa shape index (κ2) is 7.11. The Morgan fingerprint density at radius 1 is 1.18 bits per heavy atom. The van der Waals surface area contributed by atoms with Crippen molar-refractivity contribution in [2.45, 2.75) is 0 Å². The summed E-state index contributed by atoms with van der Waals surface area (Å²) < 4.78 is 5.12. The number of hydrogen-bond acceptors (Lipinski definition) is 4. The van der Waals surface area contributed by atoms with Crippen LogP contribution in [0.3, 0.4) is 0 Å². The number of ether oxygens (including phenoxy) is 1. The molecule has 2 aromatic rings. The summed E-state index contributed by atoms with van der Waals surface area (Å²) in [4.78, 5) is 23.4. The maximum absolute atomic E-state index is 11.7. The van der Waals surface area contributed by atoms with Crippen molar-refractivity contribution in [3.8, 4) is 0 Å². The molecule has 0 saturated heterocycles.